The zero-order valence-corrected chi connectivity index (χ0v) is 15.4. The Labute approximate surface area is 151 Å². The van der Waals surface area contributed by atoms with Crippen molar-refractivity contribution >= 4 is 5.91 Å². The molecule has 0 spiro atoms. The molecule has 3 unspecified atom stereocenters. The molecule has 0 aromatic heterocycles. The highest BCUT2D eigenvalue weighted by atomic mass is 16.1. The smallest absolute Gasteiger partial charge is 0.224 e. The average molecular weight is 339 g/mol. The maximum atomic E-state index is 12.4. The first-order valence-corrected chi connectivity index (χ1v) is 8.81. The Morgan fingerprint density at radius 2 is 1.60 bits per heavy atom. The van der Waals surface area contributed by atoms with Gasteiger partial charge in [-0.25, -0.2) is 0 Å². The Morgan fingerprint density at radius 1 is 1.04 bits per heavy atom. The minimum absolute atomic E-state index is 0.00341. The number of nitrogens with zero attached hydrogens (tertiary/aromatic N) is 1. The molecule has 0 aliphatic carbocycles. The number of carbonyl (C=O) groups excluding carboxylic acids is 1. The van der Waals surface area contributed by atoms with Crippen molar-refractivity contribution in [1.29, 1.82) is 0 Å². The van der Waals surface area contributed by atoms with E-state index in [0.717, 1.165) is 12.1 Å². The molecule has 0 heterocycles. The second-order valence-electron chi connectivity index (χ2n) is 6.72. The van der Waals surface area contributed by atoms with Crippen LogP contribution in [0, 0.1) is 5.92 Å². The lowest BCUT2D eigenvalue weighted by Crippen LogP contribution is -2.43. The lowest BCUT2D eigenvalue weighted by molar-refractivity contribution is -0.125. The second-order valence-corrected chi connectivity index (χ2v) is 6.72. The third kappa shape index (κ3) is 5.69. The molecule has 0 radical (unpaired) electrons. The summed E-state index contributed by atoms with van der Waals surface area (Å²) in [5.41, 5.74) is 8.49. The predicted octanol–water partition coefficient (Wildman–Crippen LogP) is 2.96. The van der Waals surface area contributed by atoms with E-state index < -0.39 is 0 Å². The summed E-state index contributed by atoms with van der Waals surface area (Å²) in [7, 11) is 2.07. The van der Waals surface area contributed by atoms with Gasteiger partial charge in [0.15, 0.2) is 0 Å². The van der Waals surface area contributed by atoms with Crippen molar-refractivity contribution in [1.82, 2.24) is 10.2 Å². The van der Waals surface area contributed by atoms with E-state index in [2.05, 4.69) is 36.3 Å². The van der Waals surface area contributed by atoms with E-state index in [-0.39, 0.29) is 23.9 Å². The molecule has 25 heavy (non-hydrogen) atoms. The van der Waals surface area contributed by atoms with Gasteiger partial charge in [-0.15, -0.1) is 0 Å². The van der Waals surface area contributed by atoms with Crippen molar-refractivity contribution in [2.24, 2.45) is 11.7 Å². The summed E-state index contributed by atoms with van der Waals surface area (Å²) >= 11 is 0. The fourth-order valence-electron chi connectivity index (χ4n) is 2.72. The highest BCUT2D eigenvalue weighted by Crippen LogP contribution is 2.19. The van der Waals surface area contributed by atoms with Crippen molar-refractivity contribution in [3.63, 3.8) is 0 Å². The Hall–Kier alpha value is -2.17. The fraction of sp³-hybridized carbons (Fsp3) is 0.381. The van der Waals surface area contributed by atoms with Crippen molar-refractivity contribution in [3.05, 3.63) is 71.8 Å². The van der Waals surface area contributed by atoms with E-state index in [0.29, 0.717) is 6.54 Å². The molecule has 3 atom stereocenters. The zero-order chi connectivity index (χ0) is 18.2. The number of benzene rings is 2. The van der Waals surface area contributed by atoms with E-state index in [9.17, 15) is 4.79 Å². The molecular weight excluding hydrogens is 310 g/mol. The van der Waals surface area contributed by atoms with Crippen LogP contribution in [0.4, 0.5) is 0 Å². The van der Waals surface area contributed by atoms with Crippen LogP contribution in [0.3, 0.4) is 0 Å². The van der Waals surface area contributed by atoms with Gasteiger partial charge in [0, 0.05) is 25.2 Å². The van der Waals surface area contributed by atoms with E-state index >= 15 is 0 Å². The summed E-state index contributed by atoms with van der Waals surface area (Å²) in [5.74, 6) is -0.273. The van der Waals surface area contributed by atoms with Gasteiger partial charge in [0.25, 0.3) is 0 Å². The van der Waals surface area contributed by atoms with Crippen LogP contribution in [0.2, 0.25) is 0 Å². The third-order valence-electron chi connectivity index (χ3n) is 4.74. The predicted molar refractivity (Wildman–Crippen MR) is 103 cm³/mol. The number of nitrogens with two attached hydrogens (primary N) is 1. The number of hydrogen-bond donors (Lipinski definition) is 2. The molecule has 2 aromatic rings. The normalized spacial score (nSPS) is 14.8. The Kier molecular flexibility index (Phi) is 7.16. The van der Waals surface area contributed by atoms with E-state index in [1.54, 1.807) is 0 Å². The molecule has 2 aromatic carbocycles. The topological polar surface area (TPSA) is 58.4 Å². The van der Waals surface area contributed by atoms with Gasteiger partial charge >= 0.3 is 0 Å². The van der Waals surface area contributed by atoms with Gasteiger partial charge in [-0.3, -0.25) is 9.69 Å². The largest absolute Gasteiger partial charge is 0.354 e. The van der Waals surface area contributed by atoms with Crippen LogP contribution in [-0.2, 0) is 11.3 Å². The molecule has 0 aliphatic rings. The van der Waals surface area contributed by atoms with Crippen LogP contribution < -0.4 is 11.1 Å². The molecule has 0 saturated carbocycles. The first-order chi connectivity index (χ1) is 12.0. The molecule has 0 fully saturated rings. The van der Waals surface area contributed by atoms with Gasteiger partial charge in [-0.05, 0) is 25.1 Å². The van der Waals surface area contributed by atoms with Gasteiger partial charge in [0.1, 0.15) is 0 Å². The minimum atomic E-state index is -0.293. The number of rotatable bonds is 8. The van der Waals surface area contributed by atoms with Crippen LogP contribution in [0.1, 0.15) is 31.0 Å². The van der Waals surface area contributed by atoms with Crippen molar-refractivity contribution in [2.45, 2.75) is 32.5 Å². The second kappa shape index (κ2) is 9.35. The van der Waals surface area contributed by atoms with E-state index in [1.165, 1.54) is 5.56 Å². The van der Waals surface area contributed by atoms with Gasteiger partial charge < -0.3 is 11.1 Å². The number of carbonyl (C=O) groups is 1. The highest BCUT2D eigenvalue weighted by molar-refractivity contribution is 5.79. The van der Waals surface area contributed by atoms with Gasteiger partial charge in [-0.1, -0.05) is 67.6 Å². The molecule has 3 N–H and O–H groups in total. The molecule has 1 amide bonds. The summed E-state index contributed by atoms with van der Waals surface area (Å²) in [6, 6.07) is 20.0. The number of likely N-dealkylation sites (N-methyl/N-ethyl adjacent to an activating group) is 1. The summed E-state index contributed by atoms with van der Waals surface area (Å²) in [6.07, 6.45) is 0. The number of amides is 1. The minimum Gasteiger partial charge on any atom is -0.354 e. The molecule has 2 rings (SSSR count). The van der Waals surface area contributed by atoms with Crippen molar-refractivity contribution in [2.75, 3.05) is 13.6 Å². The standard InChI is InChI=1S/C21H29N3O/c1-16(24(3)15-18-10-6-4-7-11-18)14-23-21(25)17(2)20(22)19-12-8-5-9-13-19/h4-13,16-17,20H,14-15,22H2,1-3H3,(H,23,25). The lowest BCUT2D eigenvalue weighted by atomic mass is 9.94. The zero-order valence-electron chi connectivity index (χ0n) is 15.4. The summed E-state index contributed by atoms with van der Waals surface area (Å²) in [6.45, 7) is 5.46. The van der Waals surface area contributed by atoms with E-state index in [4.69, 9.17) is 5.73 Å². The fourth-order valence-corrected chi connectivity index (χ4v) is 2.72. The Balaban J connectivity index is 1.82. The van der Waals surface area contributed by atoms with Crippen molar-refractivity contribution < 1.29 is 4.79 Å². The summed E-state index contributed by atoms with van der Waals surface area (Å²) in [5, 5.41) is 3.04. The number of hydrogen-bond acceptors (Lipinski definition) is 3. The van der Waals surface area contributed by atoms with Crippen LogP contribution >= 0.6 is 0 Å². The monoisotopic (exact) mass is 339 g/mol. The van der Waals surface area contributed by atoms with Crippen LogP contribution in [0.25, 0.3) is 0 Å². The third-order valence-corrected chi connectivity index (χ3v) is 4.74. The average Bonchev–Trinajstić information content (AvgIpc) is 2.66. The summed E-state index contributed by atoms with van der Waals surface area (Å²) in [4.78, 5) is 14.7. The van der Waals surface area contributed by atoms with Gasteiger partial charge in [-0.2, -0.15) is 0 Å². The first kappa shape index (κ1) is 19.2. The molecule has 4 nitrogen and oxygen atoms in total. The molecule has 0 aliphatic heterocycles. The Morgan fingerprint density at radius 3 is 2.20 bits per heavy atom. The molecular formula is C21H29N3O. The number of nitrogens with one attached hydrogen (secondary N) is 1. The molecule has 4 heteroatoms. The first-order valence-electron chi connectivity index (χ1n) is 8.81. The summed E-state index contributed by atoms with van der Waals surface area (Å²) < 4.78 is 0. The highest BCUT2D eigenvalue weighted by Gasteiger charge is 2.22. The van der Waals surface area contributed by atoms with E-state index in [1.807, 2.05) is 55.5 Å². The van der Waals surface area contributed by atoms with Gasteiger partial charge in [0.05, 0.1) is 5.92 Å². The molecule has 134 valence electrons. The van der Waals surface area contributed by atoms with Crippen LogP contribution in [-0.4, -0.2) is 30.4 Å². The van der Waals surface area contributed by atoms with Crippen molar-refractivity contribution in [3.8, 4) is 0 Å². The molecule has 0 bridgehead atoms. The Bertz CT molecular complexity index is 645. The maximum Gasteiger partial charge on any atom is 0.224 e. The lowest BCUT2D eigenvalue weighted by Gasteiger charge is -2.26. The van der Waals surface area contributed by atoms with Crippen LogP contribution in [0.15, 0.2) is 60.7 Å². The quantitative estimate of drug-likeness (QED) is 0.777. The van der Waals surface area contributed by atoms with Gasteiger partial charge in [0.2, 0.25) is 5.91 Å². The maximum absolute atomic E-state index is 12.4. The SMILES string of the molecule is CC(C(=O)NCC(C)N(C)Cc1ccccc1)C(N)c1ccccc1. The molecule has 0 saturated heterocycles. The van der Waals surface area contributed by atoms with Crippen LogP contribution in [0.5, 0.6) is 0 Å².